The van der Waals surface area contributed by atoms with Gasteiger partial charge in [0.1, 0.15) is 5.54 Å². The lowest BCUT2D eigenvalue weighted by atomic mass is 9.77. The van der Waals surface area contributed by atoms with E-state index in [9.17, 15) is 19.5 Å². The average molecular weight is 676 g/mol. The fourth-order valence-electron chi connectivity index (χ4n) is 7.97. The third-order valence-electron chi connectivity index (χ3n) is 10.9. The molecule has 0 aliphatic carbocycles. The van der Waals surface area contributed by atoms with E-state index >= 15 is 0 Å². The van der Waals surface area contributed by atoms with Gasteiger partial charge in [-0.05, 0) is 91.8 Å². The molecule has 1 fully saturated rings. The van der Waals surface area contributed by atoms with Crippen LogP contribution in [0.4, 0.5) is 10.5 Å². The number of aryl methyl sites for hydroxylation is 1. The fraction of sp³-hybridized carbons (Fsp3) is 0.375. The lowest BCUT2D eigenvalue weighted by Gasteiger charge is -2.45. The van der Waals surface area contributed by atoms with Crippen LogP contribution in [0.5, 0.6) is 0 Å². The van der Waals surface area contributed by atoms with Crippen molar-refractivity contribution in [3.63, 3.8) is 0 Å². The molecule has 3 aromatic carbocycles. The summed E-state index contributed by atoms with van der Waals surface area (Å²) in [4.78, 5) is 52.1. The topological polar surface area (TPSA) is 109 Å². The number of carboxylic acid groups (broad SMARTS) is 1. The van der Waals surface area contributed by atoms with Crippen LogP contribution < -0.4 is 4.90 Å². The van der Waals surface area contributed by atoms with Gasteiger partial charge in [-0.2, -0.15) is 0 Å². The first-order valence-corrected chi connectivity index (χ1v) is 17.5. The van der Waals surface area contributed by atoms with Gasteiger partial charge in [0.05, 0.1) is 18.8 Å². The summed E-state index contributed by atoms with van der Waals surface area (Å²) in [6, 6.07) is 23.5. The van der Waals surface area contributed by atoms with Crippen molar-refractivity contribution in [3.8, 4) is 0 Å². The fourth-order valence-corrected chi connectivity index (χ4v) is 7.97. The Balaban J connectivity index is 1.23. The van der Waals surface area contributed by atoms with E-state index in [1.165, 1.54) is 10.5 Å². The molecule has 2 N–H and O–H groups in total. The van der Waals surface area contributed by atoms with E-state index in [0.717, 1.165) is 47.5 Å². The first-order valence-electron chi connectivity index (χ1n) is 17.5. The van der Waals surface area contributed by atoms with Crippen molar-refractivity contribution in [1.82, 2.24) is 19.7 Å². The number of carbonyl (C=O) groups excluding carboxylic acids is 2. The van der Waals surface area contributed by atoms with Gasteiger partial charge >= 0.3 is 6.09 Å². The van der Waals surface area contributed by atoms with Gasteiger partial charge in [-0.15, -0.1) is 0 Å². The second-order valence-corrected chi connectivity index (χ2v) is 13.9. The summed E-state index contributed by atoms with van der Waals surface area (Å²) in [7, 11) is 0. The summed E-state index contributed by atoms with van der Waals surface area (Å²) in [6.45, 7) is 11.0. The number of rotatable bonds is 7. The van der Waals surface area contributed by atoms with Crippen molar-refractivity contribution in [2.24, 2.45) is 0 Å². The summed E-state index contributed by atoms with van der Waals surface area (Å²) in [5.74, 6) is -0.248. The molecule has 3 aliphatic rings. The highest BCUT2D eigenvalue weighted by Crippen LogP contribution is 2.43. The van der Waals surface area contributed by atoms with Crippen molar-refractivity contribution in [1.29, 1.82) is 0 Å². The lowest BCUT2D eigenvalue weighted by molar-refractivity contribution is 0.0391. The molecule has 0 radical (unpaired) electrons. The van der Waals surface area contributed by atoms with Crippen LogP contribution in [-0.2, 0) is 29.7 Å². The van der Waals surface area contributed by atoms with E-state index in [1.807, 2.05) is 73.3 Å². The number of fused-ring (bicyclic) bond motifs is 2. The monoisotopic (exact) mass is 675 g/mol. The van der Waals surface area contributed by atoms with Crippen molar-refractivity contribution in [2.75, 3.05) is 50.8 Å². The standard InChI is InChI=1S/C40H45N5O5/c1-27-21-31(37(46)44-26-30-10-8-7-9-29(30)22-28(44)2)23-35-34(27)13-14-45(39(48)49)40(35,3)36-24-32(25-41-36)38(47)43(33-11-5-4-6-12-33)16-15-42-17-19-50-20-18-42/h4-12,21,23-25,28,41H,13-20,22,26H2,1-3H3,(H,48,49)/t28-,40?/m1/s1. The zero-order chi connectivity index (χ0) is 35.0. The Labute approximate surface area is 293 Å². The van der Waals surface area contributed by atoms with E-state index < -0.39 is 11.6 Å². The van der Waals surface area contributed by atoms with Gasteiger partial charge in [-0.25, -0.2) is 4.79 Å². The molecule has 4 heterocycles. The number of nitrogens with zero attached hydrogens (tertiary/aromatic N) is 4. The largest absolute Gasteiger partial charge is 0.465 e. The molecular weight excluding hydrogens is 630 g/mol. The number of morpholine rings is 1. The number of H-pyrrole nitrogens is 1. The number of ether oxygens (including phenoxy) is 1. The SMILES string of the molecule is Cc1cc(C(=O)N2Cc3ccccc3C[C@H]2C)cc2c1CCN(C(=O)O)C2(C)c1cc(C(=O)N(CCN2CCOCC2)c2ccccc2)c[nH]1. The van der Waals surface area contributed by atoms with Gasteiger partial charge in [-0.1, -0.05) is 42.5 Å². The van der Waals surface area contributed by atoms with Gasteiger partial charge in [0.25, 0.3) is 11.8 Å². The van der Waals surface area contributed by atoms with Crippen LogP contribution in [0.2, 0.25) is 0 Å². The van der Waals surface area contributed by atoms with E-state index in [1.54, 1.807) is 17.2 Å². The molecule has 7 rings (SSSR count). The third-order valence-corrected chi connectivity index (χ3v) is 10.9. The number of aromatic amines is 1. The summed E-state index contributed by atoms with van der Waals surface area (Å²) < 4.78 is 5.51. The number of para-hydroxylation sites is 1. The van der Waals surface area contributed by atoms with Crippen molar-refractivity contribution in [3.05, 3.63) is 124 Å². The van der Waals surface area contributed by atoms with Crippen molar-refractivity contribution >= 4 is 23.6 Å². The van der Waals surface area contributed by atoms with Crippen LogP contribution in [0.3, 0.4) is 0 Å². The van der Waals surface area contributed by atoms with Gasteiger partial charge in [-0.3, -0.25) is 19.4 Å². The maximum Gasteiger partial charge on any atom is 0.408 e. The molecule has 3 aliphatic heterocycles. The van der Waals surface area contributed by atoms with E-state index in [2.05, 4.69) is 28.9 Å². The maximum absolute atomic E-state index is 14.3. The second kappa shape index (κ2) is 13.8. The molecule has 0 saturated carbocycles. The zero-order valence-corrected chi connectivity index (χ0v) is 29.0. The predicted molar refractivity (Wildman–Crippen MR) is 192 cm³/mol. The summed E-state index contributed by atoms with van der Waals surface area (Å²) in [6.07, 6.45) is 1.92. The quantitative estimate of drug-likeness (QED) is 0.261. The first-order chi connectivity index (χ1) is 24.1. The Hall–Kier alpha value is -4.93. The van der Waals surface area contributed by atoms with Crippen molar-refractivity contribution in [2.45, 2.75) is 51.7 Å². The van der Waals surface area contributed by atoms with Crippen LogP contribution in [0.25, 0.3) is 0 Å². The molecule has 50 heavy (non-hydrogen) atoms. The number of carbonyl (C=O) groups is 3. The normalized spacial score (nSPS) is 20.6. The summed E-state index contributed by atoms with van der Waals surface area (Å²) in [5.41, 5.74) is 6.32. The minimum Gasteiger partial charge on any atom is -0.465 e. The molecule has 260 valence electrons. The van der Waals surface area contributed by atoms with Crippen LogP contribution in [0.1, 0.15) is 68.1 Å². The van der Waals surface area contributed by atoms with Gasteiger partial charge < -0.3 is 24.6 Å². The van der Waals surface area contributed by atoms with Gasteiger partial charge in [0.15, 0.2) is 0 Å². The van der Waals surface area contributed by atoms with Gasteiger partial charge in [0.2, 0.25) is 0 Å². The average Bonchev–Trinajstić information content (AvgIpc) is 3.63. The molecule has 1 saturated heterocycles. The number of nitrogens with one attached hydrogen (secondary N) is 1. The molecule has 4 aromatic rings. The Morgan fingerprint density at radius 1 is 0.960 bits per heavy atom. The smallest absolute Gasteiger partial charge is 0.408 e. The highest BCUT2D eigenvalue weighted by molar-refractivity contribution is 6.06. The Morgan fingerprint density at radius 2 is 1.68 bits per heavy atom. The Morgan fingerprint density at radius 3 is 2.42 bits per heavy atom. The number of amides is 3. The van der Waals surface area contributed by atoms with Crippen LogP contribution in [0, 0.1) is 6.92 Å². The molecule has 3 amide bonds. The number of benzene rings is 3. The lowest BCUT2D eigenvalue weighted by Crippen LogP contribution is -2.52. The van der Waals surface area contributed by atoms with Crippen molar-refractivity contribution < 1.29 is 24.2 Å². The number of anilines is 1. The molecule has 10 heteroatoms. The van der Waals surface area contributed by atoms with E-state index in [-0.39, 0.29) is 24.4 Å². The first kappa shape index (κ1) is 33.6. The minimum atomic E-state index is -1.18. The highest BCUT2D eigenvalue weighted by Gasteiger charge is 2.45. The number of aromatic nitrogens is 1. The van der Waals surface area contributed by atoms with E-state index in [4.69, 9.17) is 4.74 Å². The maximum atomic E-state index is 14.3. The van der Waals surface area contributed by atoms with Crippen LogP contribution >= 0.6 is 0 Å². The van der Waals surface area contributed by atoms with E-state index in [0.29, 0.717) is 56.1 Å². The molecule has 0 spiro atoms. The highest BCUT2D eigenvalue weighted by atomic mass is 16.5. The molecule has 0 bridgehead atoms. The molecule has 1 unspecified atom stereocenters. The molecular formula is C40H45N5O5. The molecule has 10 nitrogen and oxygen atoms in total. The van der Waals surface area contributed by atoms with Crippen LogP contribution in [0.15, 0.2) is 79.0 Å². The van der Waals surface area contributed by atoms with Gasteiger partial charge in [0, 0.05) is 68.5 Å². The van der Waals surface area contributed by atoms with Crippen LogP contribution in [-0.4, -0.2) is 94.7 Å². The minimum absolute atomic E-state index is 0.0171. The molecule has 1 aromatic heterocycles. The molecule has 2 atom stereocenters. The summed E-state index contributed by atoms with van der Waals surface area (Å²) >= 11 is 0. The third kappa shape index (κ3) is 6.18. The predicted octanol–water partition coefficient (Wildman–Crippen LogP) is 5.69. The second-order valence-electron chi connectivity index (χ2n) is 13.9. The number of hydrogen-bond donors (Lipinski definition) is 2. The Bertz CT molecular complexity index is 1900. The zero-order valence-electron chi connectivity index (χ0n) is 29.0. The number of hydrogen-bond acceptors (Lipinski definition) is 5. The Kier molecular flexibility index (Phi) is 9.24. The summed E-state index contributed by atoms with van der Waals surface area (Å²) in [5, 5.41) is 10.5.